The fraction of sp³-hybridized carbons (Fsp3) is 0.786. The van der Waals surface area contributed by atoms with E-state index in [-0.39, 0.29) is 5.41 Å². The second kappa shape index (κ2) is 2.39. The molecule has 0 aliphatic heterocycles. The fourth-order valence-electron chi connectivity index (χ4n) is 4.71. The van der Waals surface area contributed by atoms with Gasteiger partial charge in [0.05, 0.1) is 5.41 Å². The van der Waals surface area contributed by atoms with E-state index in [4.69, 9.17) is 0 Å². The fourth-order valence-corrected chi connectivity index (χ4v) is 4.71. The Morgan fingerprint density at radius 1 is 1.33 bits per heavy atom. The molecule has 82 valence electrons. The summed E-state index contributed by atoms with van der Waals surface area (Å²) in [5, 5.41) is 0. The molecule has 3 aliphatic carbocycles. The van der Waals surface area contributed by atoms with E-state index in [0.29, 0.717) is 17.1 Å². The molecule has 0 amide bonds. The van der Waals surface area contributed by atoms with Crippen LogP contribution in [0.4, 0.5) is 0 Å². The molecule has 1 spiro atoms. The molecule has 3 fully saturated rings. The maximum Gasteiger partial charge on any atom is 0.143 e. The molecule has 0 aromatic carbocycles. The monoisotopic (exact) mass is 204 g/mol. The first kappa shape index (κ1) is 9.62. The van der Waals surface area contributed by atoms with Crippen LogP contribution in [-0.2, 0) is 4.79 Å². The summed E-state index contributed by atoms with van der Waals surface area (Å²) >= 11 is 0. The molecule has 0 aromatic heterocycles. The van der Waals surface area contributed by atoms with E-state index in [0.717, 1.165) is 25.2 Å². The molecule has 0 unspecified atom stereocenters. The standard InChI is InChI=1S/C14H20O/c1-8(2)10-11-12(13(11,3)4)14(10)7-5-6-9(14)15/h11-12H,5-7H2,1-4H3/t11-,12+,14-/m1/s1. The van der Waals surface area contributed by atoms with Gasteiger partial charge in [-0.15, -0.1) is 0 Å². The summed E-state index contributed by atoms with van der Waals surface area (Å²) in [6, 6.07) is 0. The number of hydrogen-bond acceptors (Lipinski definition) is 1. The molecule has 0 bridgehead atoms. The number of fused-ring (bicyclic) bond motifs is 2. The minimum Gasteiger partial charge on any atom is -0.299 e. The molecule has 3 saturated carbocycles. The van der Waals surface area contributed by atoms with Crippen LogP contribution >= 0.6 is 0 Å². The maximum atomic E-state index is 12.2. The lowest BCUT2D eigenvalue weighted by molar-refractivity contribution is -0.127. The number of allylic oxidation sites excluding steroid dienone is 2. The summed E-state index contributed by atoms with van der Waals surface area (Å²) in [5.74, 6) is 1.97. The van der Waals surface area contributed by atoms with Gasteiger partial charge in [-0.1, -0.05) is 25.0 Å². The molecule has 1 nitrogen and oxygen atoms in total. The lowest BCUT2D eigenvalue weighted by Gasteiger charge is -2.40. The Balaban J connectivity index is 2.11. The molecule has 3 atom stereocenters. The summed E-state index contributed by atoms with van der Waals surface area (Å²) in [6.07, 6.45) is 3.09. The largest absolute Gasteiger partial charge is 0.299 e. The van der Waals surface area contributed by atoms with Crippen LogP contribution in [-0.4, -0.2) is 5.78 Å². The average molecular weight is 204 g/mol. The minimum absolute atomic E-state index is 0.0208. The summed E-state index contributed by atoms with van der Waals surface area (Å²) in [6.45, 7) is 9.05. The molecular formula is C14H20O. The van der Waals surface area contributed by atoms with Gasteiger partial charge >= 0.3 is 0 Å². The Labute approximate surface area is 91.9 Å². The number of carbonyl (C=O) groups excluding carboxylic acids is 1. The highest BCUT2D eigenvalue weighted by Crippen LogP contribution is 2.84. The molecule has 3 aliphatic rings. The second-order valence-corrected chi connectivity index (χ2v) is 6.44. The number of rotatable bonds is 0. The van der Waals surface area contributed by atoms with E-state index in [1.807, 2.05) is 0 Å². The minimum atomic E-state index is 0.0208. The van der Waals surface area contributed by atoms with Gasteiger partial charge in [0.15, 0.2) is 0 Å². The molecule has 0 radical (unpaired) electrons. The summed E-state index contributed by atoms with van der Waals surface area (Å²) in [7, 11) is 0. The normalized spacial score (nSPS) is 45.3. The Morgan fingerprint density at radius 2 is 2.00 bits per heavy atom. The van der Waals surface area contributed by atoms with Crippen molar-refractivity contribution in [1.29, 1.82) is 0 Å². The van der Waals surface area contributed by atoms with Crippen LogP contribution in [0.15, 0.2) is 11.1 Å². The summed E-state index contributed by atoms with van der Waals surface area (Å²) < 4.78 is 0. The lowest BCUT2D eigenvalue weighted by atomic mass is 9.61. The van der Waals surface area contributed by atoms with E-state index >= 15 is 0 Å². The van der Waals surface area contributed by atoms with Gasteiger partial charge in [-0.2, -0.15) is 0 Å². The number of Topliss-reactive ketones (excluding diaryl/α,β-unsaturated/α-hetero) is 1. The van der Waals surface area contributed by atoms with Crippen LogP contribution in [0, 0.1) is 22.7 Å². The maximum absolute atomic E-state index is 12.2. The van der Waals surface area contributed by atoms with Crippen molar-refractivity contribution in [2.24, 2.45) is 22.7 Å². The quantitative estimate of drug-likeness (QED) is 0.553. The highest BCUT2D eigenvalue weighted by Gasteiger charge is 2.81. The van der Waals surface area contributed by atoms with Crippen LogP contribution in [0.2, 0.25) is 0 Å². The van der Waals surface area contributed by atoms with E-state index < -0.39 is 0 Å². The van der Waals surface area contributed by atoms with Crippen LogP contribution in [0.5, 0.6) is 0 Å². The van der Waals surface area contributed by atoms with Crippen molar-refractivity contribution in [3.05, 3.63) is 11.1 Å². The van der Waals surface area contributed by atoms with Gasteiger partial charge in [-0.3, -0.25) is 4.79 Å². The van der Waals surface area contributed by atoms with E-state index in [1.54, 1.807) is 0 Å². The Hall–Kier alpha value is -0.590. The molecule has 1 heteroatoms. The van der Waals surface area contributed by atoms with Gasteiger partial charge in [-0.25, -0.2) is 0 Å². The van der Waals surface area contributed by atoms with E-state index in [1.165, 1.54) is 11.1 Å². The zero-order valence-corrected chi connectivity index (χ0v) is 10.2. The number of carbonyl (C=O) groups is 1. The first-order chi connectivity index (χ1) is 6.94. The Kier molecular flexibility index (Phi) is 1.53. The van der Waals surface area contributed by atoms with Crippen molar-refractivity contribution < 1.29 is 4.79 Å². The van der Waals surface area contributed by atoms with Gasteiger partial charge in [0.25, 0.3) is 0 Å². The van der Waals surface area contributed by atoms with Crippen molar-refractivity contribution in [3.63, 3.8) is 0 Å². The average Bonchev–Trinajstić information content (AvgIpc) is 2.41. The van der Waals surface area contributed by atoms with Crippen molar-refractivity contribution in [2.75, 3.05) is 0 Å². The Bertz CT molecular complexity index is 384. The highest BCUT2D eigenvalue weighted by molar-refractivity contribution is 5.94. The van der Waals surface area contributed by atoms with Crippen LogP contribution in [0.25, 0.3) is 0 Å². The van der Waals surface area contributed by atoms with Crippen LogP contribution < -0.4 is 0 Å². The number of hydrogen-bond donors (Lipinski definition) is 0. The molecule has 0 aromatic rings. The van der Waals surface area contributed by atoms with Crippen LogP contribution in [0.1, 0.15) is 47.0 Å². The topological polar surface area (TPSA) is 17.1 Å². The molecule has 0 heterocycles. The Morgan fingerprint density at radius 3 is 2.47 bits per heavy atom. The van der Waals surface area contributed by atoms with Crippen molar-refractivity contribution >= 4 is 5.78 Å². The predicted molar refractivity (Wildman–Crippen MR) is 60.4 cm³/mol. The van der Waals surface area contributed by atoms with E-state index in [2.05, 4.69) is 27.7 Å². The predicted octanol–water partition coefficient (Wildman–Crippen LogP) is 3.35. The summed E-state index contributed by atoms with van der Waals surface area (Å²) in [4.78, 5) is 12.2. The van der Waals surface area contributed by atoms with Gasteiger partial charge in [0.2, 0.25) is 0 Å². The first-order valence-electron chi connectivity index (χ1n) is 6.15. The third-order valence-electron chi connectivity index (χ3n) is 5.16. The van der Waals surface area contributed by atoms with E-state index in [9.17, 15) is 4.79 Å². The molecule has 0 N–H and O–H groups in total. The van der Waals surface area contributed by atoms with Gasteiger partial charge < -0.3 is 0 Å². The van der Waals surface area contributed by atoms with Gasteiger partial charge in [0.1, 0.15) is 5.78 Å². The zero-order chi connectivity index (χ0) is 11.0. The van der Waals surface area contributed by atoms with Gasteiger partial charge in [-0.05, 0) is 43.9 Å². The molecule has 3 rings (SSSR count). The highest BCUT2D eigenvalue weighted by atomic mass is 16.1. The number of ketones is 1. The SMILES string of the molecule is CC(C)=C1[C@@H]2[C@@H](C2(C)C)[C@@]12CCCC2=O. The van der Waals surface area contributed by atoms with Crippen molar-refractivity contribution in [1.82, 2.24) is 0 Å². The molecular weight excluding hydrogens is 184 g/mol. The van der Waals surface area contributed by atoms with Crippen molar-refractivity contribution in [3.8, 4) is 0 Å². The zero-order valence-electron chi connectivity index (χ0n) is 10.2. The first-order valence-corrected chi connectivity index (χ1v) is 6.15. The van der Waals surface area contributed by atoms with Crippen molar-refractivity contribution in [2.45, 2.75) is 47.0 Å². The van der Waals surface area contributed by atoms with Gasteiger partial charge in [0, 0.05) is 6.42 Å². The molecule has 15 heavy (non-hydrogen) atoms. The third kappa shape index (κ3) is 0.811. The van der Waals surface area contributed by atoms with Crippen LogP contribution in [0.3, 0.4) is 0 Å². The smallest absolute Gasteiger partial charge is 0.143 e. The lowest BCUT2D eigenvalue weighted by Crippen LogP contribution is -2.40. The molecule has 0 saturated heterocycles. The third-order valence-corrected chi connectivity index (χ3v) is 5.16. The summed E-state index contributed by atoms with van der Waals surface area (Å²) in [5.41, 5.74) is 3.37. The second-order valence-electron chi connectivity index (χ2n) is 6.44.